The molecule has 0 spiro atoms. The zero-order chi connectivity index (χ0) is 17.2. The van der Waals surface area contributed by atoms with Gasteiger partial charge in [-0.2, -0.15) is 0 Å². The minimum atomic E-state index is -0.570. The summed E-state index contributed by atoms with van der Waals surface area (Å²) in [6, 6.07) is 3.99. The Kier molecular flexibility index (Phi) is 8.48. The Bertz CT molecular complexity index is 580. The molecule has 23 heavy (non-hydrogen) atoms. The quantitative estimate of drug-likeness (QED) is 0.179. The molecule has 9 heteroatoms. The topological polar surface area (TPSA) is 122 Å². The highest BCUT2D eigenvalue weighted by atomic mass is 127. The number of aliphatic hydroxyl groups excluding tert-OH is 1. The molecule has 1 aromatic rings. The van der Waals surface area contributed by atoms with Gasteiger partial charge in [-0.25, -0.2) is 4.79 Å². The third-order valence-electron chi connectivity index (χ3n) is 3.04. The van der Waals surface area contributed by atoms with Gasteiger partial charge in [0, 0.05) is 25.6 Å². The highest BCUT2D eigenvalue weighted by Crippen LogP contribution is 2.20. The van der Waals surface area contributed by atoms with Crippen molar-refractivity contribution in [1.82, 2.24) is 10.6 Å². The number of amides is 2. The second-order valence-electron chi connectivity index (χ2n) is 4.76. The monoisotopic (exact) mass is 435 g/mol. The number of nitrogens with one attached hydrogen (secondary N) is 2. The molecule has 3 N–H and O–H groups in total. The summed E-state index contributed by atoms with van der Waals surface area (Å²) in [5.74, 6) is 0.143. The molecule has 1 rings (SSSR count). The van der Waals surface area contributed by atoms with Gasteiger partial charge in [-0.1, -0.05) is 28.7 Å². The lowest BCUT2D eigenvalue weighted by Gasteiger charge is -2.08. The van der Waals surface area contributed by atoms with Crippen molar-refractivity contribution in [2.24, 2.45) is 0 Å². The van der Waals surface area contributed by atoms with Crippen molar-refractivity contribution in [2.75, 3.05) is 11.0 Å². The van der Waals surface area contributed by atoms with Crippen molar-refractivity contribution in [3.8, 4) is 0 Å². The lowest BCUT2D eigenvalue weighted by Crippen LogP contribution is -2.35. The summed E-state index contributed by atoms with van der Waals surface area (Å²) in [5, 5.41) is 25.1. The minimum absolute atomic E-state index is 0.130. The van der Waals surface area contributed by atoms with Gasteiger partial charge in [0.25, 0.3) is 5.69 Å². The van der Waals surface area contributed by atoms with Crippen molar-refractivity contribution in [3.63, 3.8) is 0 Å². The number of nitro benzene ring substituents is 1. The van der Waals surface area contributed by atoms with Crippen LogP contribution in [0.15, 0.2) is 18.2 Å². The highest BCUT2D eigenvalue weighted by molar-refractivity contribution is 14.1. The van der Waals surface area contributed by atoms with E-state index in [-0.39, 0.29) is 23.6 Å². The van der Waals surface area contributed by atoms with Crippen LogP contribution in [0.4, 0.5) is 10.5 Å². The van der Waals surface area contributed by atoms with E-state index in [9.17, 15) is 19.7 Å². The SMILES string of the molecule is O=C(CI)CCCNC(=O)NCc1ccc(CO)c([N+](=O)[O-])c1. The predicted molar refractivity (Wildman–Crippen MR) is 92.4 cm³/mol. The molecule has 8 nitrogen and oxygen atoms in total. The summed E-state index contributed by atoms with van der Waals surface area (Å²) < 4.78 is 0.465. The number of rotatable bonds is 9. The van der Waals surface area contributed by atoms with Gasteiger partial charge in [-0.05, 0) is 18.1 Å². The fourth-order valence-electron chi connectivity index (χ4n) is 1.82. The first-order valence-corrected chi connectivity index (χ1v) is 8.47. The number of halogens is 1. The second kappa shape index (κ2) is 10.1. The molecule has 1 aromatic carbocycles. The van der Waals surface area contributed by atoms with Crippen LogP contribution in [0, 0.1) is 10.1 Å². The molecular formula is C14H18IN3O5. The Balaban J connectivity index is 2.42. The highest BCUT2D eigenvalue weighted by Gasteiger charge is 2.13. The summed E-state index contributed by atoms with van der Waals surface area (Å²) >= 11 is 2.00. The summed E-state index contributed by atoms with van der Waals surface area (Å²) in [6.07, 6.45) is 1.00. The summed E-state index contributed by atoms with van der Waals surface area (Å²) in [4.78, 5) is 33.0. The molecule has 0 atom stereocenters. The van der Waals surface area contributed by atoms with E-state index in [0.29, 0.717) is 29.4 Å². The zero-order valence-electron chi connectivity index (χ0n) is 12.4. The van der Waals surface area contributed by atoms with E-state index >= 15 is 0 Å². The van der Waals surface area contributed by atoms with Gasteiger partial charge in [0.15, 0.2) is 0 Å². The molecule has 126 valence electrons. The van der Waals surface area contributed by atoms with Crippen LogP contribution in [0.5, 0.6) is 0 Å². The average Bonchev–Trinajstić information content (AvgIpc) is 2.56. The third-order valence-corrected chi connectivity index (χ3v) is 3.89. The third kappa shape index (κ3) is 6.91. The zero-order valence-corrected chi connectivity index (χ0v) is 14.5. The van der Waals surface area contributed by atoms with E-state index in [2.05, 4.69) is 10.6 Å². The van der Waals surface area contributed by atoms with E-state index in [1.54, 1.807) is 6.07 Å². The molecule has 0 aliphatic carbocycles. The fraction of sp³-hybridized carbons (Fsp3) is 0.429. The Hall–Kier alpha value is -1.75. The first-order chi connectivity index (χ1) is 11.0. The van der Waals surface area contributed by atoms with Gasteiger partial charge in [-0.3, -0.25) is 14.9 Å². The molecule has 0 aliphatic heterocycles. The molecule has 0 heterocycles. The van der Waals surface area contributed by atoms with Gasteiger partial charge in [0.1, 0.15) is 5.78 Å². The van der Waals surface area contributed by atoms with Crippen LogP contribution in [0.2, 0.25) is 0 Å². The molecule has 0 bridgehead atoms. The van der Waals surface area contributed by atoms with Crippen LogP contribution in [-0.2, 0) is 17.9 Å². The lowest BCUT2D eigenvalue weighted by atomic mass is 10.1. The van der Waals surface area contributed by atoms with Crippen molar-refractivity contribution in [3.05, 3.63) is 39.4 Å². The molecule has 0 aromatic heterocycles. The number of aliphatic hydroxyl groups is 1. The van der Waals surface area contributed by atoms with Crippen molar-refractivity contribution >= 4 is 40.1 Å². The van der Waals surface area contributed by atoms with Gasteiger partial charge < -0.3 is 15.7 Å². The Morgan fingerprint density at radius 2 is 2.04 bits per heavy atom. The first-order valence-electron chi connectivity index (χ1n) is 6.94. The average molecular weight is 435 g/mol. The molecule has 0 aliphatic rings. The maximum atomic E-state index is 11.6. The number of benzene rings is 1. The number of nitro groups is 1. The van der Waals surface area contributed by atoms with Crippen molar-refractivity contribution in [1.29, 1.82) is 0 Å². The van der Waals surface area contributed by atoms with E-state index in [0.717, 1.165) is 0 Å². The van der Waals surface area contributed by atoms with Crippen LogP contribution in [-0.4, -0.2) is 32.8 Å². The number of alkyl halides is 1. The summed E-state index contributed by atoms with van der Waals surface area (Å²) in [5.41, 5.74) is 0.608. The number of urea groups is 1. The number of carbonyl (C=O) groups is 2. The van der Waals surface area contributed by atoms with E-state index < -0.39 is 17.6 Å². The summed E-state index contributed by atoms with van der Waals surface area (Å²) in [6.45, 7) is 0.101. The molecule has 0 fully saturated rings. The summed E-state index contributed by atoms with van der Waals surface area (Å²) in [7, 11) is 0. The van der Waals surface area contributed by atoms with E-state index in [4.69, 9.17) is 5.11 Å². The van der Waals surface area contributed by atoms with Crippen LogP contribution in [0.1, 0.15) is 24.0 Å². The predicted octanol–water partition coefficient (Wildman–Crippen LogP) is 1.67. The van der Waals surface area contributed by atoms with E-state index in [1.807, 2.05) is 22.6 Å². The maximum absolute atomic E-state index is 11.6. The number of ketones is 1. The normalized spacial score (nSPS) is 10.2. The van der Waals surface area contributed by atoms with Crippen molar-refractivity contribution < 1.29 is 19.6 Å². The maximum Gasteiger partial charge on any atom is 0.315 e. The Morgan fingerprint density at radius 1 is 1.30 bits per heavy atom. The largest absolute Gasteiger partial charge is 0.391 e. The van der Waals surface area contributed by atoms with Crippen LogP contribution in [0.25, 0.3) is 0 Å². The Labute approximate surface area is 146 Å². The van der Waals surface area contributed by atoms with Gasteiger partial charge in [0.05, 0.1) is 21.5 Å². The standard InChI is InChI=1S/C14H18IN3O5/c15-7-12(20)2-1-5-16-14(21)17-8-10-3-4-11(9-19)13(6-10)18(22)23/h3-4,6,19H,1-2,5,7-9H2,(H2,16,17,21). The molecular weight excluding hydrogens is 417 g/mol. The van der Waals surface area contributed by atoms with Gasteiger partial charge >= 0.3 is 6.03 Å². The first kappa shape index (κ1) is 19.3. The number of Topliss-reactive ketones (excluding diaryl/α,β-unsaturated/α-hetero) is 1. The van der Waals surface area contributed by atoms with Crippen molar-refractivity contribution in [2.45, 2.75) is 26.0 Å². The second-order valence-corrected chi connectivity index (χ2v) is 5.53. The smallest absolute Gasteiger partial charge is 0.315 e. The lowest BCUT2D eigenvalue weighted by molar-refractivity contribution is -0.385. The molecule has 0 saturated carbocycles. The van der Waals surface area contributed by atoms with Crippen LogP contribution in [0.3, 0.4) is 0 Å². The number of nitrogens with zero attached hydrogens (tertiary/aromatic N) is 1. The Morgan fingerprint density at radius 3 is 2.65 bits per heavy atom. The molecule has 0 unspecified atom stereocenters. The van der Waals surface area contributed by atoms with Crippen LogP contribution >= 0.6 is 22.6 Å². The van der Waals surface area contributed by atoms with Gasteiger partial charge in [-0.15, -0.1) is 0 Å². The minimum Gasteiger partial charge on any atom is -0.391 e. The molecule has 0 radical (unpaired) electrons. The van der Waals surface area contributed by atoms with Crippen LogP contribution < -0.4 is 10.6 Å². The number of hydrogen-bond acceptors (Lipinski definition) is 5. The fourth-order valence-corrected chi connectivity index (χ4v) is 2.20. The molecule has 0 saturated heterocycles. The number of hydrogen-bond donors (Lipinski definition) is 3. The van der Waals surface area contributed by atoms with E-state index in [1.165, 1.54) is 12.1 Å². The molecule has 2 amide bonds. The van der Waals surface area contributed by atoms with Gasteiger partial charge in [0.2, 0.25) is 0 Å². The number of carbonyl (C=O) groups excluding carboxylic acids is 2.